The van der Waals surface area contributed by atoms with Crippen molar-refractivity contribution in [1.82, 2.24) is 20.1 Å². The monoisotopic (exact) mass is 295 g/mol. The van der Waals surface area contributed by atoms with Gasteiger partial charge in [-0.05, 0) is 32.9 Å². The summed E-state index contributed by atoms with van der Waals surface area (Å²) in [5, 5.41) is 4.49. The van der Waals surface area contributed by atoms with Gasteiger partial charge in [0.05, 0.1) is 31.6 Å². The Kier molecular flexibility index (Phi) is 6.02. The number of methoxy groups -OCH3 is 1. The molecule has 0 amide bonds. The van der Waals surface area contributed by atoms with Gasteiger partial charge >= 0.3 is 0 Å². The van der Waals surface area contributed by atoms with Crippen LogP contribution in [0.3, 0.4) is 0 Å². The molecule has 0 aliphatic heterocycles. The topological polar surface area (TPSA) is 68.3 Å². The molecule has 3 N–H and O–H groups in total. The van der Waals surface area contributed by atoms with Crippen LogP contribution in [0.25, 0.3) is 0 Å². The minimum Gasteiger partial charge on any atom is -0.493 e. The molecule has 0 saturated heterocycles. The number of nitrogens with one attached hydrogen (secondary N) is 1. The molecule has 0 bridgehead atoms. The van der Waals surface area contributed by atoms with E-state index in [9.17, 15) is 0 Å². The fourth-order valence-corrected chi connectivity index (χ4v) is 3.23. The summed E-state index contributed by atoms with van der Waals surface area (Å²) >= 11 is 0. The van der Waals surface area contributed by atoms with Crippen LogP contribution in [0.2, 0.25) is 0 Å². The highest BCUT2D eigenvalue weighted by Gasteiger charge is 2.29. The second-order valence-corrected chi connectivity index (χ2v) is 6.17. The lowest BCUT2D eigenvalue weighted by Crippen LogP contribution is -2.36. The van der Waals surface area contributed by atoms with Crippen molar-refractivity contribution < 1.29 is 4.74 Å². The maximum Gasteiger partial charge on any atom is 0.161 e. The van der Waals surface area contributed by atoms with Crippen LogP contribution < -0.4 is 16.0 Å². The molecule has 1 saturated carbocycles. The predicted octanol–water partition coefficient (Wildman–Crippen LogP) is 1.54. The fourth-order valence-electron chi connectivity index (χ4n) is 3.23. The minimum atomic E-state index is 0.116. The van der Waals surface area contributed by atoms with Gasteiger partial charge in [-0.1, -0.05) is 19.3 Å². The van der Waals surface area contributed by atoms with Crippen molar-refractivity contribution >= 4 is 0 Å². The summed E-state index contributed by atoms with van der Waals surface area (Å²) in [5.74, 6) is 7.28. The third-order valence-corrected chi connectivity index (χ3v) is 4.42. The van der Waals surface area contributed by atoms with Crippen molar-refractivity contribution in [2.24, 2.45) is 11.8 Å². The molecule has 21 heavy (non-hydrogen) atoms. The summed E-state index contributed by atoms with van der Waals surface area (Å²) in [6.07, 6.45) is 8.16. The Labute approximate surface area is 127 Å². The van der Waals surface area contributed by atoms with Crippen LogP contribution in [0.1, 0.15) is 43.8 Å². The van der Waals surface area contributed by atoms with Crippen molar-refractivity contribution in [3.05, 3.63) is 11.9 Å². The first-order valence-corrected chi connectivity index (χ1v) is 7.88. The third-order valence-electron chi connectivity index (χ3n) is 4.42. The molecule has 6 nitrogen and oxygen atoms in total. The van der Waals surface area contributed by atoms with Crippen LogP contribution in [0.4, 0.5) is 0 Å². The first-order chi connectivity index (χ1) is 10.2. The van der Waals surface area contributed by atoms with Crippen molar-refractivity contribution in [1.29, 1.82) is 0 Å². The van der Waals surface area contributed by atoms with Crippen molar-refractivity contribution in [2.45, 2.75) is 44.7 Å². The van der Waals surface area contributed by atoms with Crippen LogP contribution in [-0.4, -0.2) is 42.4 Å². The van der Waals surface area contributed by atoms with Crippen LogP contribution in [0, 0.1) is 5.92 Å². The molecule has 1 fully saturated rings. The number of hydrogen-bond acceptors (Lipinski definition) is 5. The van der Waals surface area contributed by atoms with Crippen LogP contribution in [0.15, 0.2) is 6.20 Å². The summed E-state index contributed by atoms with van der Waals surface area (Å²) in [6.45, 7) is 1.79. The number of hydrazine groups is 1. The highest BCUT2D eigenvalue weighted by molar-refractivity contribution is 5.29. The largest absolute Gasteiger partial charge is 0.493 e. The summed E-state index contributed by atoms with van der Waals surface area (Å²) in [5.41, 5.74) is 4.11. The van der Waals surface area contributed by atoms with E-state index in [1.54, 1.807) is 13.3 Å². The van der Waals surface area contributed by atoms with E-state index in [4.69, 9.17) is 10.6 Å². The SMILES string of the molecule is COc1cnn(CCN(C)C)c1C(NN)C1CCCCC1. The quantitative estimate of drug-likeness (QED) is 0.590. The molecule has 0 aromatic carbocycles. The van der Waals surface area contributed by atoms with Gasteiger partial charge in [-0.2, -0.15) is 5.10 Å². The van der Waals surface area contributed by atoms with Gasteiger partial charge < -0.3 is 9.64 Å². The lowest BCUT2D eigenvalue weighted by molar-refractivity contribution is 0.253. The smallest absolute Gasteiger partial charge is 0.161 e. The molecule has 0 radical (unpaired) electrons. The number of nitrogens with zero attached hydrogens (tertiary/aromatic N) is 3. The molecule has 2 rings (SSSR count). The fraction of sp³-hybridized carbons (Fsp3) is 0.800. The molecule has 1 unspecified atom stereocenters. The normalized spacial score (nSPS) is 18.1. The molecular formula is C15H29N5O. The molecule has 1 atom stereocenters. The number of rotatable bonds is 7. The molecule has 1 aliphatic carbocycles. The molecule has 1 aromatic heterocycles. The summed E-state index contributed by atoms with van der Waals surface area (Å²) < 4.78 is 7.55. The van der Waals surface area contributed by atoms with E-state index in [0.29, 0.717) is 5.92 Å². The number of likely N-dealkylation sites (N-methyl/N-ethyl adjacent to an activating group) is 1. The first-order valence-electron chi connectivity index (χ1n) is 7.88. The Bertz CT molecular complexity index is 426. The van der Waals surface area contributed by atoms with Crippen molar-refractivity contribution in [2.75, 3.05) is 27.7 Å². The number of aromatic nitrogens is 2. The van der Waals surface area contributed by atoms with Crippen LogP contribution in [-0.2, 0) is 6.54 Å². The maximum absolute atomic E-state index is 5.89. The number of nitrogens with two attached hydrogens (primary N) is 1. The molecule has 1 aliphatic rings. The Balaban J connectivity index is 2.22. The predicted molar refractivity (Wildman–Crippen MR) is 84.0 cm³/mol. The summed E-state index contributed by atoms with van der Waals surface area (Å²) in [6, 6.07) is 0.116. The molecule has 0 spiro atoms. The second kappa shape index (κ2) is 7.77. The van der Waals surface area contributed by atoms with E-state index in [2.05, 4.69) is 29.5 Å². The summed E-state index contributed by atoms with van der Waals surface area (Å²) in [7, 11) is 5.84. The Morgan fingerprint density at radius 1 is 1.43 bits per heavy atom. The highest BCUT2D eigenvalue weighted by Crippen LogP contribution is 2.37. The summed E-state index contributed by atoms with van der Waals surface area (Å²) in [4.78, 5) is 2.16. The standard InChI is InChI=1S/C15H29N5O/c1-19(2)9-10-20-15(13(21-3)11-17-20)14(18-16)12-7-5-4-6-8-12/h11-12,14,18H,4-10,16H2,1-3H3. The van der Waals surface area contributed by atoms with Gasteiger partial charge in [-0.15, -0.1) is 0 Å². The van der Waals surface area contributed by atoms with E-state index in [-0.39, 0.29) is 6.04 Å². The molecule has 6 heteroatoms. The highest BCUT2D eigenvalue weighted by atomic mass is 16.5. The minimum absolute atomic E-state index is 0.116. The van der Waals surface area contributed by atoms with Crippen LogP contribution in [0.5, 0.6) is 5.75 Å². The van der Waals surface area contributed by atoms with Crippen molar-refractivity contribution in [3.8, 4) is 5.75 Å². The maximum atomic E-state index is 5.89. The van der Waals surface area contributed by atoms with Crippen LogP contribution >= 0.6 is 0 Å². The van der Waals surface area contributed by atoms with E-state index in [1.807, 2.05) is 4.68 Å². The average Bonchev–Trinajstić information content (AvgIpc) is 2.90. The number of ether oxygens (including phenoxy) is 1. The van der Waals surface area contributed by atoms with E-state index < -0.39 is 0 Å². The lowest BCUT2D eigenvalue weighted by atomic mass is 9.82. The molecular weight excluding hydrogens is 266 g/mol. The van der Waals surface area contributed by atoms with Gasteiger partial charge in [0.15, 0.2) is 5.75 Å². The molecule has 120 valence electrons. The van der Waals surface area contributed by atoms with Gasteiger partial charge in [-0.3, -0.25) is 16.0 Å². The van der Waals surface area contributed by atoms with E-state index in [1.165, 1.54) is 32.1 Å². The zero-order valence-electron chi connectivity index (χ0n) is 13.5. The van der Waals surface area contributed by atoms with Gasteiger partial charge in [0.25, 0.3) is 0 Å². The lowest BCUT2D eigenvalue weighted by Gasteiger charge is -2.30. The Morgan fingerprint density at radius 2 is 2.14 bits per heavy atom. The first kappa shape index (κ1) is 16.3. The van der Waals surface area contributed by atoms with E-state index >= 15 is 0 Å². The average molecular weight is 295 g/mol. The third kappa shape index (κ3) is 3.96. The zero-order chi connectivity index (χ0) is 15.2. The van der Waals surface area contributed by atoms with E-state index in [0.717, 1.165) is 24.5 Å². The molecule has 1 aromatic rings. The van der Waals surface area contributed by atoms with Gasteiger partial charge in [0.2, 0.25) is 0 Å². The molecule has 1 heterocycles. The van der Waals surface area contributed by atoms with Gasteiger partial charge in [0.1, 0.15) is 0 Å². The van der Waals surface area contributed by atoms with Gasteiger partial charge in [0, 0.05) is 6.54 Å². The second-order valence-electron chi connectivity index (χ2n) is 6.17. The van der Waals surface area contributed by atoms with Gasteiger partial charge in [-0.25, -0.2) is 0 Å². The number of hydrogen-bond donors (Lipinski definition) is 2. The Hall–Kier alpha value is -1.11. The Morgan fingerprint density at radius 3 is 2.71 bits per heavy atom. The zero-order valence-corrected chi connectivity index (χ0v) is 13.5. The van der Waals surface area contributed by atoms with Crippen molar-refractivity contribution in [3.63, 3.8) is 0 Å².